The van der Waals surface area contributed by atoms with Gasteiger partial charge in [-0.1, -0.05) is 0 Å². The van der Waals surface area contributed by atoms with E-state index in [1.54, 1.807) is 0 Å². The number of aromatic nitrogens is 2. The third-order valence-electron chi connectivity index (χ3n) is 2.84. The van der Waals surface area contributed by atoms with Crippen molar-refractivity contribution < 1.29 is 14.9 Å². The highest BCUT2D eigenvalue weighted by Gasteiger charge is 2.44. The number of aliphatic hydroxyl groups excluding tert-OH is 2. The molecule has 9 heteroatoms. The molecular weight excluding hydrogens is 274 g/mol. The number of aliphatic hydroxyl groups is 2. The second-order valence-corrected chi connectivity index (χ2v) is 4.15. The molecule has 0 spiro atoms. The van der Waals surface area contributed by atoms with Gasteiger partial charge in [-0.2, -0.15) is 0 Å². The van der Waals surface area contributed by atoms with Gasteiger partial charge in [-0.05, 0) is 12.2 Å². The number of rotatable bonds is 3. The summed E-state index contributed by atoms with van der Waals surface area (Å²) in [6.45, 7) is -0.392. The molecule has 102 valence electrons. The summed E-state index contributed by atoms with van der Waals surface area (Å²) in [4.78, 5) is 28.4. The Bertz CT molecular complexity index is 620. The summed E-state index contributed by atoms with van der Waals surface area (Å²) in [5, 5.41) is 21.3. The van der Waals surface area contributed by atoms with Crippen molar-refractivity contribution in [2.75, 3.05) is 6.61 Å². The summed E-state index contributed by atoms with van der Waals surface area (Å²) in [6, 6.07) is 0.313. The predicted octanol–water partition coefficient (Wildman–Crippen LogP) is -1.74. The molecule has 3 N–H and O–H groups in total. The fourth-order valence-electron chi connectivity index (χ4n) is 1.96. The van der Waals surface area contributed by atoms with E-state index in [4.69, 9.17) is 9.84 Å². The summed E-state index contributed by atoms with van der Waals surface area (Å²) < 4.78 is 6.38. The first-order chi connectivity index (χ1) is 9.08. The molecule has 1 fully saturated rings. The van der Waals surface area contributed by atoms with E-state index in [-0.39, 0.29) is 0 Å². The second-order valence-electron chi connectivity index (χ2n) is 3.97. The van der Waals surface area contributed by atoms with Crippen molar-refractivity contribution in [3.05, 3.63) is 33.1 Å². The van der Waals surface area contributed by atoms with E-state index in [2.05, 4.69) is 22.4 Å². The maximum atomic E-state index is 11.6. The Morgan fingerprint density at radius 3 is 2.89 bits per heavy atom. The SMILES string of the molecule is O=c1ccn([C@@H]2O[C@H](CO)[C@@H](N=C=S)[C@@H]2O)c(=O)[nH]1. The normalized spacial score (nSPS) is 30.0. The smallest absolute Gasteiger partial charge is 0.330 e. The van der Waals surface area contributed by atoms with Crippen LogP contribution in [0.25, 0.3) is 0 Å². The van der Waals surface area contributed by atoms with Crippen molar-refractivity contribution in [3.8, 4) is 0 Å². The molecule has 0 radical (unpaired) electrons. The van der Waals surface area contributed by atoms with E-state index in [1.807, 2.05) is 4.98 Å². The van der Waals surface area contributed by atoms with Crippen molar-refractivity contribution in [1.82, 2.24) is 9.55 Å². The molecule has 4 atom stereocenters. The maximum absolute atomic E-state index is 11.6. The van der Waals surface area contributed by atoms with Gasteiger partial charge in [0.15, 0.2) is 6.23 Å². The monoisotopic (exact) mass is 285 g/mol. The van der Waals surface area contributed by atoms with Crippen LogP contribution in [0.15, 0.2) is 26.8 Å². The fourth-order valence-corrected chi connectivity index (χ4v) is 2.08. The molecule has 0 aliphatic carbocycles. The van der Waals surface area contributed by atoms with Gasteiger partial charge in [0.1, 0.15) is 18.2 Å². The maximum Gasteiger partial charge on any atom is 0.330 e. The van der Waals surface area contributed by atoms with Gasteiger partial charge < -0.3 is 14.9 Å². The van der Waals surface area contributed by atoms with E-state index in [1.165, 1.54) is 6.20 Å². The van der Waals surface area contributed by atoms with E-state index >= 15 is 0 Å². The molecule has 0 aromatic carbocycles. The molecule has 0 unspecified atom stereocenters. The highest BCUT2D eigenvalue weighted by molar-refractivity contribution is 7.78. The van der Waals surface area contributed by atoms with Gasteiger partial charge in [0.2, 0.25) is 0 Å². The number of aromatic amines is 1. The average molecular weight is 285 g/mol. The number of isothiocyanates is 1. The van der Waals surface area contributed by atoms with Gasteiger partial charge >= 0.3 is 5.69 Å². The van der Waals surface area contributed by atoms with Crippen LogP contribution in [0.3, 0.4) is 0 Å². The topological polar surface area (TPSA) is 117 Å². The number of hydrogen-bond acceptors (Lipinski definition) is 7. The summed E-state index contributed by atoms with van der Waals surface area (Å²) in [5.41, 5.74) is -1.28. The number of nitrogens with zero attached hydrogens (tertiary/aromatic N) is 2. The van der Waals surface area contributed by atoms with Crippen molar-refractivity contribution in [2.45, 2.75) is 24.5 Å². The zero-order valence-electron chi connectivity index (χ0n) is 9.59. The Balaban J connectivity index is 2.38. The summed E-state index contributed by atoms with van der Waals surface area (Å²) in [6.07, 6.45) is -1.84. The summed E-state index contributed by atoms with van der Waals surface area (Å²) >= 11 is 4.46. The Morgan fingerprint density at radius 2 is 2.32 bits per heavy atom. The summed E-state index contributed by atoms with van der Waals surface area (Å²) in [7, 11) is 0. The zero-order chi connectivity index (χ0) is 14.0. The Hall–Kier alpha value is -1.64. The quantitative estimate of drug-likeness (QED) is 0.448. The predicted molar refractivity (Wildman–Crippen MR) is 67.1 cm³/mol. The Kier molecular flexibility index (Phi) is 4.03. The highest BCUT2D eigenvalue weighted by atomic mass is 32.1. The van der Waals surface area contributed by atoms with E-state index in [0.717, 1.165) is 10.6 Å². The molecule has 1 saturated heterocycles. The number of H-pyrrole nitrogens is 1. The van der Waals surface area contributed by atoms with E-state index in [0.29, 0.717) is 0 Å². The van der Waals surface area contributed by atoms with Gasteiger partial charge in [-0.25, -0.2) is 9.79 Å². The van der Waals surface area contributed by atoms with Crippen molar-refractivity contribution in [3.63, 3.8) is 0 Å². The van der Waals surface area contributed by atoms with Crippen LogP contribution in [0.2, 0.25) is 0 Å². The summed E-state index contributed by atoms with van der Waals surface area (Å²) in [5.74, 6) is 0. The fraction of sp³-hybridized carbons (Fsp3) is 0.500. The molecule has 1 aliphatic heterocycles. The van der Waals surface area contributed by atoms with Gasteiger partial charge in [-0.15, -0.1) is 0 Å². The van der Waals surface area contributed by atoms with Gasteiger partial charge in [-0.3, -0.25) is 14.3 Å². The van der Waals surface area contributed by atoms with E-state index < -0.39 is 42.3 Å². The van der Waals surface area contributed by atoms with Crippen molar-refractivity contribution in [1.29, 1.82) is 0 Å². The molecule has 1 aliphatic rings. The van der Waals surface area contributed by atoms with E-state index in [9.17, 15) is 14.7 Å². The molecule has 0 saturated carbocycles. The van der Waals surface area contributed by atoms with Gasteiger partial charge in [0.05, 0.1) is 11.8 Å². The number of thiocarbonyl (C=S) groups is 1. The zero-order valence-corrected chi connectivity index (χ0v) is 10.4. The van der Waals surface area contributed by atoms with Crippen molar-refractivity contribution in [2.24, 2.45) is 4.99 Å². The molecule has 0 amide bonds. The first kappa shape index (κ1) is 13.8. The average Bonchev–Trinajstić information content (AvgIpc) is 2.68. The first-order valence-electron chi connectivity index (χ1n) is 5.41. The van der Waals surface area contributed by atoms with Crippen LogP contribution < -0.4 is 11.2 Å². The molecule has 1 aromatic heterocycles. The minimum Gasteiger partial charge on any atom is -0.394 e. The second kappa shape index (κ2) is 5.55. The molecule has 0 bridgehead atoms. The van der Waals surface area contributed by atoms with Crippen LogP contribution >= 0.6 is 12.2 Å². The van der Waals surface area contributed by atoms with Gasteiger partial charge in [0, 0.05) is 12.3 Å². The van der Waals surface area contributed by atoms with Crippen LogP contribution in [0, 0.1) is 0 Å². The molecule has 8 nitrogen and oxygen atoms in total. The Morgan fingerprint density at radius 1 is 1.58 bits per heavy atom. The van der Waals surface area contributed by atoms with Crippen LogP contribution in [0.5, 0.6) is 0 Å². The van der Waals surface area contributed by atoms with Gasteiger partial charge in [0.25, 0.3) is 5.56 Å². The largest absolute Gasteiger partial charge is 0.394 e. The minimum absolute atomic E-state index is 0.392. The third kappa shape index (κ3) is 2.55. The molecule has 2 heterocycles. The number of ether oxygens (including phenoxy) is 1. The first-order valence-corrected chi connectivity index (χ1v) is 5.82. The lowest BCUT2D eigenvalue weighted by molar-refractivity contribution is -0.0531. The standard InChI is InChI=1S/C10H11N3O5S/c14-3-5-7(11-4-19)8(16)9(18-5)13-2-1-6(15)12-10(13)17/h1-2,5,7-9,14,16H,3H2,(H,12,15,17)/t5-,7-,8+,9-/m1/s1. The van der Waals surface area contributed by atoms with Crippen LogP contribution in [0.4, 0.5) is 0 Å². The third-order valence-corrected chi connectivity index (χ3v) is 2.95. The van der Waals surface area contributed by atoms with Crippen LogP contribution in [0.1, 0.15) is 6.23 Å². The molecular formula is C10H11N3O5S. The lowest BCUT2D eigenvalue weighted by Gasteiger charge is -2.16. The van der Waals surface area contributed by atoms with Crippen LogP contribution in [-0.4, -0.2) is 49.8 Å². The Labute approximate surface area is 112 Å². The van der Waals surface area contributed by atoms with Crippen molar-refractivity contribution >= 4 is 17.4 Å². The molecule has 1 aromatic rings. The minimum atomic E-state index is -1.18. The lowest BCUT2D eigenvalue weighted by Crippen LogP contribution is -2.37. The number of hydrogen-bond donors (Lipinski definition) is 3. The van der Waals surface area contributed by atoms with Crippen LogP contribution in [-0.2, 0) is 4.74 Å². The highest BCUT2D eigenvalue weighted by Crippen LogP contribution is 2.29. The number of nitrogens with one attached hydrogen (secondary N) is 1. The molecule has 2 rings (SSSR count). The number of aliphatic imine (C=N–C) groups is 1. The molecule has 19 heavy (non-hydrogen) atoms. The lowest BCUT2D eigenvalue weighted by atomic mass is 10.1.